The van der Waals surface area contributed by atoms with Crippen molar-refractivity contribution in [2.24, 2.45) is 17.2 Å². The molecule has 0 fully saturated rings. The van der Waals surface area contributed by atoms with E-state index in [0.717, 1.165) is 33.4 Å². The Morgan fingerprint density at radius 2 is 0.409 bits per heavy atom. The number of methoxy groups -OCH3 is 6. The van der Waals surface area contributed by atoms with Crippen molar-refractivity contribution >= 4 is 59.1 Å². The average Bonchev–Trinajstić information content (AvgIpc) is 0.853. The van der Waals surface area contributed by atoms with Gasteiger partial charge in [0, 0.05) is 92.5 Å². The number of nitrogens with one attached hydrogen (secondary N) is 1. The second-order valence-electron chi connectivity index (χ2n) is 26.1. The van der Waals surface area contributed by atoms with Gasteiger partial charge in [0.1, 0.15) is 34.5 Å². The second-order valence-corrected chi connectivity index (χ2v) is 26.1. The Labute approximate surface area is 645 Å². The molecule has 6 aromatic rings. The van der Waals surface area contributed by atoms with Crippen LogP contribution in [0.25, 0.3) is 0 Å². The molecule has 0 saturated heterocycles. The van der Waals surface area contributed by atoms with Gasteiger partial charge in [-0.3, -0.25) is 47.9 Å². The maximum Gasteiger partial charge on any atom is 0.242 e. The van der Waals surface area contributed by atoms with Gasteiger partial charge >= 0.3 is 0 Å². The van der Waals surface area contributed by atoms with E-state index in [1.165, 1.54) is 79.4 Å². The van der Waals surface area contributed by atoms with Crippen LogP contribution in [-0.4, -0.2) is 290 Å². The van der Waals surface area contributed by atoms with E-state index >= 15 is 19.2 Å². The molecule has 0 bridgehead atoms. The Morgan fingerprint density at radius 1 is 0.255 bits per heavy atom. The first-order valence-corrected chi connectivity index (χ1v) is 36.6. The standard InChI is InChI=1S/C81H109N13O16/c1-60(95)86(48-39-82)52-74(97)88(43-34-62-11-23-68(106-4)24-12-62)54-76(99)91(46-37-65-17-29-71(109-7)30-18-65)56-80(103)94(50-41-84)59-79(102)90(45-36-64-15-27-70(108-6)28-16-64)55-77(100)92(47-38-66-19-31-72(110-8)32-20-66)57-81(104)93(49-40-83)58-78(101)89(44-35-63-13-25-69(107-5)26-14-63)53-75(98)87(51-73(96)85-2)42-33-61-9-21-67(105-3)22-10-61/h9-32H,33-59,82-84H2,1-8H3,(H,85,96). The van der Waals surface area contributed by atoms with Gasteiger partial charge in [-0.15, -0.1) is 0 Å². The average molecular weight is 1520 g/mol. The van der Waals surface area contributed by atoms with Gasteiger partial charge in [0.25, 0.3) is 0 Å². The third-order valence-corrected chi connectivity index (χ3v) is 18.7. The Kier molecular flexibility index (Phi) is 37.3. The molecule has 29 heteroatoms. The van der Waals surface area contributed by atoms with Gasteiger partial charge in [0.05, 0.1) is 102 Å². The van der Waals surface area contributed by atoms with E-state index in [9.17, 15) is 28.8 Å². The van der Waals surface area contributed by atoms with Crippen LogP contribution in [0.3, 0.4) is 0 Å². The number of hydrogen-bond donors (Lipinski definition) is 4. The number of carbonyl (C=O) groups excluding carboxylic acids is 10. The SMILES string of the molecule is CNC(=O)CN(CCc1ccc(OC)cc1)C(=O)CN(CCc1ccc(OC)cc1)C(=O)CN(CCN)C(=O)CN(CCc1ccc(OC)cc1)C(=O)CN(CCc1ccc(OC)cc1)C(=O)CN(CCN)C(=O)CN(CCc1ccc(OC)cc1)C(=O)CN(CCc1ccc(OC)cc1)C(=O)CN(CCN)C(C)=O. The van der Waals surface area contributed by atoms with Crippen molar-refractivity contribution in [3.63, 3.8) is 0 Å². The number of benzene rings is 6. The highest BCUT2D eigenvalue weighted by molar-refractivity contribution is 5.94. The van der Waals surface area contributed by atoms with Gasteiger partial charge in [0.2, 0.25) is 59.1 Å². The van der Waals surface area contributed by atoms with Crippen LogP contribution in [0.1, 0.15) is 40.3 Å². The van der Waals surface area contributed by atoms with Crippen LogP contribution in [0.5, 0.6) is 34.5 Å². The lowest BCUT2D eigenvalue weighted by atomic mass is 10.1. The third kappa shape index (κ3) is 29.4. The van der Waals surface area contributed by atoms with Gasteiger partial charge in [-0.25, -0.2) is 0 Å². The van der Waals surface area contributed by atoms with Crippen molar-refractivity contribution in [2.75, 3.05) is 187 Å². The van der Waals surface area contributed by atoms with Gasteiger partial charge in [-0.05, 0) is 145 Å². The first-order valence-electron chi connectivity index (χ1n) is 36.6. The molecule has 6 rings (SSSR count). The zero-order valence-electron chi connectivity index (χ0n) is 64.7. The highest BCUT2D eigenvalue weighted by atomic mass is 16.5. The van der Waals surface area contributed by atoms with Gasteiger partial charge in [-0.1, -0.05) is 72.8 Å². The number of likely N-dealkylation sites (N-methyl/N-ethyl adjacent to an activating group) is 1. The van der Waals surface area contributed by atoms with Crippen molar-refractivity contribution < 1.29 is 76.4 Å². The number of carbonyl (C=O) groups is 10. The van der Waals surface area contributed by atoms with Crippen LogP contribution in [-0.2, 0) is 86.5 Å². The van der Waals surface area contributed by atoms with Crippen LogP contribution < -0.4 is 50.9 Å². The quantitative estimate of drug-likeness (QED) is 0.0426. The lowest BCUT2D eigenvalue weighted by Crippen LogP contribution is -2.54. The summed E-state index contributed by atoms with van der Waals surface area (Å²) < 4.78 is 32.3. The van der Waals surface area contributed by atoms with Crippen LogP contribution in [0.4, 0.5) is 0 Å². The molecule has 0 aromatic heterocycles. The normalized spacial score (nSPS) is 10.8. The summed E-state index contributed by atoms with van der Waals surface area (Å²) in [5.74, 6) is -2.16. The fourth-order valence-corrected chi connectivity index (χ4v) is 11.8. The molecule has 110 heavy (non-hydrogen) atoms. The van der Waals surface area contributed by atoms with E-state index in [4.69, 9.17) is 45.6 Å². The van der Waals surface area contributed by atoms with Crippen molar-refractivity contribution in [3.05, 3.63) is 179 Å². The van der Waals surface area contributed by atoms with Crippen LogP contribution >= 0.6 is 0 Å². The monoisotopic (exact) mass is 1520 g/mol. The van der Waals surface area contributed by atoms with Crippen molar-refractivity contribution in [1.82, 2.24) is 49.4 Å². The molecule has 7 N–H and O–H groups in total. The molecule has 6 aromatic carbocycles. The topological polar surface area (TPSA) is 345 Å². The maximum atomic E-state index is 15.4. The molecule has 0 saturated carbocycles. The molecule has 0 atom stereocenters. The molecule has 0 spiro atoms. The lowest BCUT2D eigenvalue weighted by Gasteiger charge is -2.33. The summed E-state index contributed by atoms with van der Waals surface area (Å²) in [4.78, 5) is 157. The van der Waals surface area contributed by atoms with E-state index < -0.39 is 99.0 Å². The molecular weight excluding hydrogens is 1410 g/mol. The number of nitrogens with zero attached hydrogens (tertiary/aromatic N) is 9. The van der Waals surface area contributed by atoms with E-state index in [-0.39, 0.29) is 123 Å². The Hall–Kier alpha value is -11.3. The maximum absolute atomic E-state index is 15.4. The highest BCUT2D eigenvalue weighted by Gasteiger charge is 2.32. The Balaban J connectivity index is 1.31. The van der Waals surface area contributed by atoms with E-state index in [0.29, 0.717) is 47.3 Å². The summed E-state index contributed by atoms with van der Waals surface area (Å²) in [6, 6.07) is 43.2. The summed E-state index contributed by atoms with van der Waals surface area (Å²) in [7, 11) is 10.7. The van der Waals surface area contributed by atoms with Crippen molar-refractivity contribution in [3.8, 4) is 34.5 Å². The summed E-state index contributed by atoms with van der Waals surface area (Å²) >= 11 is 0. The fourth-order valence-electron chi connectivity index (χ4n) is 11.8. The first kappa shape index (κ1) is 87.6. The molecule has 0 radical (unpaired) electrons. The smallest absolute Gasteiger partial charge is 0.242 e. The minimum atomic E-state index is -0.678. The molecule has 0 heterocycles. The van der Waals surface area contributed by atoms with Crippen LogP contribution in [0.2, 0.25) is 0 Å². The zero-order valence-corrected chi connectivity index (χ0v) is 64.7. The molecule has 0 aliphatic carbocycles. The number of ether oxygens (including phenoxy) is 6. The predicted octanol–water partition coefficient (Wildman–Crippen LogP) is 2.59. The Morgan fingerprint density at radius 3 is 0.564 bits per heavy atom. The fraction of sp³-hybridized carbons (Fsp3) is 0.432. The minimum Gasteiger partial charge on any atom is -0.497 e. The summed E-state index contributed by atoms with van der Waals surface area (Å²) in [5, 5.41) is 2.58. The summed E-state index contributed by atoms with van der Waals surface area (Å²) in [6.07, 6.45) is 1.66. The minimum absolute atomic E-state index is 0.0168. The second kappa shape index (κ2) is 46.8. The molecule has 594 valence electrons. The summed E-state index contributed by atoms with van der Waals surface area (Å²) in [5.41, 5.74) is 23.1. The van der Waals surface area contributed by atoms with Gasteiger partial charge in [0.15, 0.2) is 0 Å². The van der Waals surface area contributed by atoms with E-state index in [1.54, 1.807) is 94.1 Å². The third-order valence-electron chi connectivity index (χ3n) is 18.7. The lowest BCUT2D eigenvalue weighted by molar-refractivity contribution is -0.148. The number of hydrogen-bond acceptors (Lipinski definition) is 19. The molecule has 0 unspecified atom stereocenters. The predicted molar refractivity (Wildman–Crippen MR) is 416 cm³/mol. The Bertz CT molecular complexity index is 3890. The van der Waals surface area contributed by atoms with Crippen LogP contribution in [0, 0.1) is 0 Å². The molecular formula is C81H109N13O16. The van der Waals surface area contributed by atoms with Gasteiger partial charge < -0.3 is 95.0 Å². The van der Waals surface area contributed by atoms with Crippen molar-refractivity contribution in [1.29, 1.82) is 0 Å². The summed E-state index contributed by atoms with van der Waals surface area (Å²) in [6.45, 7) is -3.55. The number of rotatable bonds is 48. The molecule has 0 aliphatic heterocycles. The van der Waals surface area contributed by atoms with Crippen LogP contribution in [0.15, 0.2) is 146 Å². The van der Waals surface area contributed by atoms with E-state index in [2.05, 4.69) is 5.32 Å². The van der Waals surface area contributed by atoms with Crippen molar-refractivity contribution in [2.45, 2.75) is 45.4 Å². The molecule has 0 aliphatic rings. The zero-order chi connectivity index (χ0) is 79.9. The highest BCUT2D eigenvalue weighted by Crippen LogP contribution is 2.20. The largest absolute Gasteiger partial charge is 0.497 e. The molecule has 10 amide bonds. The van der Waals surface area contributed by atoms with E-state index in [1.807, 2.05) is 72.8 Å². The number of nitrogens with two attached hydrogens (primary N) is 3. The molecule has 29 nitrogen and oxygen atoms in total. The first-order chi connectivity index (χ1) is 53.0. The number of amides is 10. The van der Waals surface area contributed by atoms with Gasteiger partial charge in [-0.2, -0.15) is 0 Å².